The maximum atomic E-state index is 3.48. The van der Waals surface area contributed by atoms with Crippen LogP contribution >= 0.6 is 0 Å². The van der Waals surface area contributed by atoms with E-state index in [1.807, 2.05) is 0 Å². The van der Waals surface area contributed by atoms with E-state index in [-0.39, 0.29) is 0 Å². The molecule has 0 amide bonds. The fourth-order valence-electron chi connectivity index (χ4n) is 2.15. The highest BCUT2D eigenvalue weighted by Gasteiger charge is 2.15. The van der Waals surface area contributed by atoms with E-state index in [1.54, 1.807) is 0 Å². The van der Waals surface area contributed by atoms with E-state index < -0.39 is 0 Å². The molecule has 14 heavy (non-hydrogen) atoms. The van der Waals surface area contributed by atoms with Gasteiger partial charge in [-0.1, -0.05) is 12.1 Å². The number of rotatable bonds is 3. The highest BCUT2D eigenvalue weighted by Crippen LogP contribution is 2.32. The van der Waals surface area contributed by atoms with Crippen LogP contribution in [0.25, 0.3) is 0 Å². The molecule has 2 heteroatoms. The van der Waals surface area contributed by atoms with Gasteiger partial charge in [-0.3, -0.25) is 0 Å². The summed E-state index contributed by atoms with van der Waals surface area (Å²) in [5, 5.41) is 3.48. The van der Waals surface area contributed by atoms with Crippen molar-refractivity contribution >= 4 is 11.4 Å². The third kappa shape index (κ3) is 1.45. The van der Waals surface area contributed by atoms with Crippen molar-refractivity contribution in [3.8, 4) is 0 Å². The van der Waals surface area contributed by atoms with Crippen molar-refractivity contribution in [3.05, 3.63) is 23.8 Å². The average molecular weight is 190 g/mol. The SMILES string of the molecule is CCN(CC)c1cccc2c1NCC2. The molecule has 0 saturated carbocycles. The Morgan fingerprint density at radius 3 is 2.79 bits per heavy atom. The summed E-state index contributed by atoms with van der Waals surface area (Å²) in [7, 11) is 0. The van der Waals surface area contributed by atoms with Crippen LogP contribution in [0.15, 0.2) is 18.2 Å². The lowest BCUT2D eigenvalue weighted by Crippen LogP contribution is -2.22. The number of fused-ring (bicyclic) bond motifs is 1. The first kappa shape index (κ1) is 9.38. The highest BCUT2D eigenvalue weighted by molar-refractivity contribution is 5.75. The molecule has 0 saturated heterocycles. The lowest BCUT2D eigenvalue weighted by molar-refractivity contribution is 0.867. The Morgan fingerprint density at radius 2 is 2.07 bits per heavy atom. The third-order valence-corrected chi connectivity index (χ3v) is 2.93. The Balaban J connectivity index is 2.38. The lowest BCUT2D eigenvalue weighted by Gasteiger charge is -2.23. The Labute approximate surface area is 85.9 Å². The molecule has 1 N–H and O–H groups in total. The van der Waals surface area contributed by atoms with Gasteiger partial charge in [0.15, 0.2) is 0 Å². The maximum absolute atomic E-state index is 3.48. The molecule has 0 atom stereocenters. The molecule has 0 unspecified atom stereocenters. The molecule has 0 fully saturated rings. The summed E-state index contributed by atoms with van der Waals surface area (Å²) in [6, 6.07) is 6.60. The van der Waals surface area contributed by atoms with Crippen molar-refractivity contribution < 1.29 is 0 Å². The van der Waals surface area contributed by atoms with E-state index in [2.05, 4.69) is 42.3 Å². The van der Waals surface area contributed by atoms with Crippen LogP contribution in [0.5, 0.6) is 0 Å². The molecule has 76 valence electrons. The Kier molecular flexibility index (Phi) is 2.62. The zero-order valence-corrected chi connectivity index (χ0v) is 9.01. The number of para-hydroxylation sites is 1. The van der Waals surface area contributed by atoms with Crippen LogP contribution in [-0.2, 0) is 6.42 Å². The highest BCUT2D eigenvalue weighted by atomic mass is 15.1. The van der Waals surface area contributed by atoms with Crippen molar-refractivity contribution in [2.45, 2.75) is 20.3 Å². The predicted octanol–water partition coefficient (Wildman–Crippen LogP) is 2.50. The molecule has 1 aromatic rings. The van der Waals surface area contributed by atoms with E-state index in [0.29, 0.717) is 0 Å². The van der Waals surface area contributed by atoms with Crippen molar-refractivity contribution in [2.24, 2.45) is 0 Å². The van der Waals surface area contributed by atoms with Crippen molar-refractivity contribution in [1.29, 1.82) is 0 Å². The second-order valence-electron chi connectivity index (χ2n) is 3.66. The normalized spacial score (nSPS) is 13.6. The summed E-state index contributed by atoms with van der Waals surface area (Å²) >= 11 is 0. The second kappa shape index (κ2) is 3.91. The number of nitrogens with one attached hydrogen (secondary N) is 1. The van der Waals surface area contributed by atoms with E-state index in [9.17, 15) is 0 Å². The standard InChI is InChI=1S/C12H18N2/c1-3-14(4-2)11-7-5-6-10-8-9-13-12(10)11/h5-7,13H,3-4,8-9H2,1-2H3. The van der Waals surface area contributed by atoms with E-state index in [1.165, 1.54) is 23.4 Å². The van der Waals surface area contributed by atoms with Crippen LogP contribution < -0.4 is 10.2 Å². The minimum atomic E-state index is 1.08. The van der Waals surface area contributed by atoms with Crippen LogP contribution in [0.2, 0.25) is 0 Å². The molecule has 1 aliphatic heterocycles. The summed E-state index contributed by atoms with van der Waals surface area (Å²) in [5.74, 6) is 0. The number of nitrogens with zero attached hydrogens (tertiary/aromatic N) is 1. The summed E-state index contributed by atoms with van der Waals surface area (Å²) < 4.78 is 0. The fourth-order valence-corrected chi connectivity index (χ4v) is 2.15. The molecule has 1 aromatic carbocycles. The van der Waals surface area contributed by atoms with Crippen LogP contribution in [0, 0.1) is 0 Å². The molecular formula is C12H18N2. The topological polar surface area (TPSA) is 15.3 Å². The predicted molar refractivity (Wildman–Crippen MR) is 62.2 cm³/mol. The van der Waals surface area contributed by atoms with Crippen LogP contribution in [0.1, 0.15) is 19.4 Å². The second-order valence-corrected chi connectivity index (χ2v) is 3.66. The Morgan fingerprint density at radius 1 is 1.29 bits per heavy atom. The van der Waals surface area contributed by atoms with E-state index in [4.69, 9.17) is 0 Å². The molecule has 1 aliphatic rings. The van der Waals surface area contributed by atoms with E-state index >= 15 is 0 Å². The molecule has 1 heterocycles. The smallest absolute Gasteiger partial charge is 0.0611 e. The van der Waals surface area contributed by atoms with Crippen molar-refractivity contribution in [1.82, 2.24) is 0 Å². The zero-order valence-electron chi connectivity index (χ0n) is 9.01. The van der Waals surface area contributed by atoms with Gasteiger partial charge < -0.3 is 10.2 Å². The lowest BCUT2D eigenvalue weighted by atomic mass is 10.1. The molecule has 0 spiro atoms. The van der Waals surface area contributed by atoms with Gasteiger partial charge in [-0.05, 0) is 31.9 Å². The number of hydrogen-bond donors (Lipinski definition) is 1. The van der Waals surface area contributed by atoms with Gasteiger partial charge in [0.2, 0.25) is 0 Å². The van der Waals surface area contributed by atoms with Gasteiger partial charge >= 0.3 is 0 Å². The monoisotopic (exact) mass is 190 g/mol. The summed E-state index contributed by atoms with van der Waals surface area (Å²) in [5.41, 5.74) is 4.19. The van der Waals surface area contributed by atoms with Gasteiger partial charge in [-0.25, -0.2) is 0 Å². The van der Waals surface area contributed by atoms with Crippen LogP contribution in [-0.4, -0.2) is 19.6 Å². The van der Waals surface area contributed by atoms with Gasteiger partial charge in [0, 0.05) is 19.6 Å². The number of benzene rings is 1. The summed E-state index contributed by atoms with van der Waals surface area (Å²) in [6.45, 7) is 7.66. The van der Waals surface area contributed by atoms with Gasteiger partial charge in [0.25, 0.3) is 0 Å². The van der Waals surface area contributed by atoms with Gasteiger partial charge in [0.1, 0.15) is 0 Å². The van der Waals surface area contributed by atoms with Crippen LogP contribution in [0.3, 0.4) is 0 Å². The van der Waals surface area contributed by atoms with Crippen molar-refractivity contribution in [3.63, 3.8) is 0 Å². The molecule has 0 radical (unpaired) electrons. The van der Waals surface area contributed by atoms with Crippen molar-refractivity contribution in [2.75, 3.05) is 29.9 Å². The number of hydrogen-bond acceptors (Lipinski definition) is 2. The van der Waals surface area contributed by atoms with Gasteiger partial charge in [0.05, 0.1) is 11.4 Å². The largest absolute Gasteiger partial charge is 0.383 e. The summed E-state index contributed by atoms with van der Waals surface area (Å²) in [4.78, 5) is 2.40. The zero-order chi connectivity index (χ0) is 9.97. The minimum absolute atomic E-state index is 1.08. The van der Waals surface area contributed by atoms with Gasteiger partial charge in [-0.2, -0.15) is 0 Å². The first-order valence-electron chi connectivity index (χ1n) is 5.47. The third-order valence-electron chi connectivity index (χ3n) is 2.93. The average Bonchev–Trinajstić information content (AvgIpc) is 2.68. The Hall–Kier alpha value is -1.18. The van der Waals surface area contributed by atoms with Gasteiger partial charge in [-0.15, -0.1) is 0 Å². The Bertz CT molecular complexity index is 316. The van der Waals surface area contributed by atoms with Crippen LogP contribution in [0.4, 0.5) is 11.4 Å². The molecule has 2 nitrogen and oxygen atoms in total. The maximum Gasteiger partial charge on any atom is 0.0611 e. The first-order chi connectivity index (χ1) is 6.86. The molecular weight excluding hydrogens is 172 g/mol. The van der Waals surface area contributed by atoms with E-state index in [0.717, 1.165) is 19.6 Å². The quantitative estimate of drug-likeness (QED) is 0.787. The minimum Gasteiger partial charge on any atom is -0.383 e. The molecule has 0 aromatic heterocycles. The number of anilines is 2. The summed E-state index contributed by atoms with van der Waals surface area (Å²) in [6.07, 6.45) is 1.17. The molecule has 0 bridgehead atoms. The molecule has 0 aliphatic carbocycles. The fraction of sp³-hybridized carbons (Fsp3) is 0.500. The first-order valence-corrected chi connectivity index (χ1v) is 5.47. The molecule has 2 rings (SSSR count).